The molecular weight excluding hydrogens is 170 g/mol. The summed E-state index contributed by atoms with van der Waals surface area (Å²) in [7, 11) is 0. The molecule has 1 heteroatoms. The van der Waals surface area contributed by atoms with Crippen molar-refractivity contribution in [3.63, 3.8) is 0 Å². The molecule has 0 aliphatic heterocycles. The second-order valence-electron chi connectivity index (χ2n) is 5.61. The van der Waals surface area contributed by atoms with Crippen LogP contribution in [0.1, 0.15) is 59.3 Å². The molecule has 1 rings (SSSR count). The lowest BCUT2D eigenvalue weighted by Gasteiger charge is -2.20. The van der Waals surface area contributed by atoms with Gasteiger partial charge in [-0.15, -0.1) is 0 Å². The predicted molar refractivity (Wildman–Crippen MR) is 63.2 cm³/mol. The molecule has 1 aliphatic rings. The molecule has 3 unspecified atom stereocenters. The van der Waals surface area contributed by atoms with Gasteiger partial charge in [0.05, 0.1) is 0 Å². The summed E-state index contributed by atoms with van der Waals surface area (Å²) in [6, 6.07) is 0.468. The molecule has 1 fully saturated rings. The second-order valence-corrected chi connectivity index (χ2v) is 5.61. The van der Waals surface area contributed by atoms with Crippen molar-refractivity contribution in [2.45, 2.75) is 65.3 Å². The van der Waals surface area contributed by atoms with E-state index in [1.165, 1.54) is 38.5 Å². The van der Waals surface area contributed by atoms with Crippen molar-refractivity contribution in [1.82, 2.24) is 0 Å². The summed E-state index contributed by atoms with van der Waals surface area (Å²) in [5.74, 6) is 2.64. The van der Waals surface area contributed by atoms with Crippen LogP contribution in [0.4, 0.5) is 0 Å². The number of nitrogens with two attached hydrogens (primary N) is 1. The minimum atomic E-state index is 0.468. The predicted octanol–water partition coefficient (Wildman–Crippen LogP) is 3.58. The molecule has 3 atom stereocenters. The van der Waals surface area contributed by atoms with E-state index in [4.69, 9.17) is 5.73 Å². The molecular formula is C13H27N. The van der Waals surface area contributed by atoms with E-state index in [2.05, 4.69) is 20.8 Å². The molecule has 0 aromatic carbocycles. The van der Waals surface area contributed by atoms with Crippen LogP contribution >= 0.6 is 0 Å². The van der Waals surface area contributed by atoms with Crippen molar-refractivity contribution < 1.29 is 0 Å². The van der Waals surface area contributed by atoms with Crippen LogP contribution in [0.25, 0.3) is 0 Å². The van der Waals surface area contributed by atoms with Crippen LogP contribution in [-0.2, 0) is 0 Å². The van der Waals surface area contributed by atoms with Crippen LogP contribution in [0, 0.1) is 17.8 Å². The summed E-state index contributed by atoms with van der Waals surface area (Å²) in [4.78, 5) is 0. The Kier molecular flexibility index (Phi) is 4.94. The van der Waals surface area contributed by atoms with E-state index in [-0.39, 0.29) is 0 Å². The summed E-state index contributed by atoms with van der Waals surface area (Å²) in [6.07, 6.45) is 8.04. The molecule has 84 valence electrons. The zero-order valence-electron chi connectivity index (χ0n) is 10.1. The molecule has 0 radical (unpaired) electrons. The monoisotopic (exact) mass is 197 g/mol. The van der Waals surface area contributed by atoms with Crippen molar-refractivity contribution >= 4 is 0 Å². The highest BCUT2D eigenvalue weighted by Crippen LogP contribution is 2.29. The lowest BCUT2D eigenvalue weighted by molar-refractivity contribution is 0.309. The van der Waals surface area contributed by atoms with Gasteiger partial charge in [-0.3, -0.25) is 0 Å². The van der Waals surface area contributed by atoms with Crippen LogP contribution in [-0.4, -0.2) is 6.04 Å². The van der Waals surface area contributed by atoms with Gasteiger partial charge >= 0.3 is 0 Å². The topological polar surface area (TPSA) is 26.0 Å². The quantitative estimate of drug-likeness (QED) is 0.683. The molecule has 1 saturated carbocycles. The van der Waals surface area contributed by atoms with Crippen LogP contribution < -0.4 is 5.73 Å². The average molecular weight is 197 g/mol. The Bertz CT molecular complexity index is 153. The maximum absolute atomic E-state index is 6.09. The van der Waals surface area contributed by atoms with Crippen LogP contribution in [0.5, 0.6) is 0 Å². The van der Waals surface area contributed by atoms with Gasteiger partial charge in [0.25, 0.3) is 0 Å². The van der Waals surface area contributed by atoms with E-state index in [1.807, 2.05) is 0 Å². The van der Waals surface area contributed by atoms with Crippen molar-refractivity contribution in [3.8, 4) is 0 Å². The van der Waals surface area contributed by atoms with E-state index in [9.17, 15) is 0 Å². The number of rotatable bonds is 1. The van der Waals surface area contributed by atoms with Gasteiger partial charge in [-0.2, -0.15) is 0 Å². The maximum atomic E-state index is 6.09. The van der Waals surface area contributed by atoms with Crippen molar-refractivity contribution in [2.24, 2.45) is 23.5 Å². The highest BCUT2D eigenvalue weighted by molar-refractivity contribution is 4.73. The minimum Gasteiger partial charge on any atom is -0.328 e. The first-order valence-electron chi connectivity index (χ1n) is 6.35. The Labute approximate surface area is 89.5 Å². The van der Waals surface area contributed by atoms with E-state index >= 15 is 0 Å². The third kappa shape index (κ3) is 4.00. The Hall–Kier alpha value is -0.0400. The van der Waals surface area contributed by atoms with Gasteiger partial charge < -0.3 is 5.73 Å². The van der Waals surface area contributed by atoms with E-state index in [1.54, 1.807) is 0 Å². The summed E-state index contributed by atoms with van der Waals surface area (Å²) in [5.41, 5.74) is 6.09. The van der Waals surface area contributed by atoms with Gasteiger partial charge in [0.2, 0.25) is 0 Å². The second kappa shape index (κ2) is 5.75. The summed E-state index contributed by atoms with van der Waals surface area (Å²) >= 11 is 0. The maximum Gasteiger partial charge on any atom is 0.00413 e. The highest BCUT2D eigenvalue weighted by atomic mass is 14.6. The fourth-order valence-corrected chi connectivity index (χ4v) is 2.70. The first-order valence-corrected chi connectivity index (χ1v) is 6.35. The molecule has 0 bridgehead atoms. The smallest absolute Gasteiger partial charge is 0.00413 e. The Morgan fingerprint density at radius 2 is 1.79 bits per heavy atom. The summed E-state index contributed by atoms with van der Waals surface area (Å²) in [5, 5.41) is 0. The van der Waals surface area contributed by atoms with E-state index in [0.717, 1.165) is 17.8 Å². The van der Waals surface area contributed by atoms with Gasteiger partial charge in [-0.25, -0.2) is 0 Å². The van der Waals surface area contributed by atoms with Gasteiger partial charge in [0.15, 0.2) is 0 Å². The zero-order valence-corrected chi connectivity index (χ0v) is 10.1. The molecule has 1 aliphatic carbocycles. The van der Waals surface area contributed by atoms with Gasteiger partial charge in [0, 0.05) is 6.04 Å². The molecule has 0 aromatic rings. The van der Waals surface area contributed by atoms with Gasteiger partial charge in [-0.1, -0.05) is 40.0 Å². The van der Waals surface area contributed by atoms with E-state index in [0.29, 0.717) is 6.04 Å². The average Bonchev–Trinajstić information content (AvgIpc) is 2.16. The molecule has 0 amide bonds. The van der Waals surface area contributed by atoms with Gasteiger partial charge in [-0.05, 0) is 37.0 Å². The highest BCUT2D eigenvalue weighted by Gasteiger charge is 2.18. The van der Waals surface area contributed by atoms with Crippen molar-refractivity contribution in [2.75, 3.05) is 0 Å². The Morgan fingerprint density at radius 3 is 2.43 bits per heavy atom. The molecule has 0 heterocycles. The molecule has 0 saturated heterocycles. The first-order chi connectivity index (χ1) is 6.59. The third-order valence-corrected chi connectivity index (χ3v) is 3.83. The summed E-state index contributed by atoms with van der Waals surface area (Å²) < 4.78 is 0. The SMILES string of the molecule is CC1CCC(C(C)C)CCCC(N)C1. The van der Waals surface area contributed by atoms with Crippen LogP contribution in [0.2, 0.25) is 0 Å². The number of hydrogen-bond donors (Lipinski definition) is 1. The molecule has 0 spiro atoms. The lowest BCUT2D eigenvalue weighted by atomic mass is 9.85. The largest absolute Gasteiger partial charge is 0.328 e. The van der Waals surface area contributed by atoms with Crippen molar-refractivity contribution in [1.29, 1.82) is 0 Å². The fourth-order valence-electron chi connectivity index (χ4n) is 2.70. The Balaban J connectivity index is 2.45. The molecule has 2 N–H and O–H groups in total. The zero-order chi connectivity index (χ0) is 10.6. The van der Waals surface area contributed by atoms with E-state index < -0.39 is 0 Å². The fraction of sp³-hybridized carbons (Fsp3) is 1.00. The Morgan fingerprint density at radius 1 is 1.07 bits per heavy atom. The van der Waals surface area contributed by atoms with Gasteiger partial charge in [0.1, 0.15) is 0 Å². The molecule has 1 nitrogen and oxygen atoms in total. The van der Waals surface area contributed by atoms with Crippen molar-refractivity contribution in [3.05, 3.63) is 0 Å². The number of hydrogen-bond acceptors (Lipinski definition) is 1. The first kappa shape index (κ1) is 12.0. The third-order valence-electron chi connectivity index (χ3n) is 3.83. The van der Waals surface area contributed by atoms with Crippen LogP contribution in [0.15, 0.2) is 0 Å². The summed E-state index contributed by atoms with van der Waals surface area (Å²) in [6.45, 7) is 7.10. The van der Waals surface area contributed by atoms with Crippen LogP contribution in [0.3, 0.4) is 0 Å². The lowest BCUT2D eigenvalue weighted by Crippen LogP contribution is -2.22. The normalized spacial score (nSPS) is 36.2. The minimum absolute atomic E-state index is 0.468. The molecule has 0 aromatic heterocycles. The molecule has 14 heavy (non-hydrogen) atoms. The standard InChI is InChI=1S/C13H27N/c1-10(2)12-5-4-6-13(14)9-11(3)7-8-12/h10-13H,4-9,14H2,1-3H3.